The molecule has 5 heteroatoms. The summed E-state index contributed by atoms with van der Waals surface area (Å²) >= 11 is 5.88. The van der Waals surface area contributed by atoms with Crippen molar-refractivity contribution >= 4 is 17.4 Å². The molecule has 0 aliphatic heterocycles. The van der Waals surface area contributed by atoms with Crippen LogP contribution in [0.15, 0.2) is 6.20 Å². The minimum Gasteiger partial charge on any atom is -0.383 e. The molecule has 84 valence electrons. The largest absolute Gasteiger partial charge is 0.383 e. The summed E-state index contributed by atoms with van der Waals surface area (Å²) in [6.45, 7) is 0. The zero-order chi connectivity index (χ0) is 10.8. The van der Waals surface area contributed by atoms with Gasteiger partial charge in [-0.2, -0.15) is 5.10 Å². The number of methoxy groups -OCH3 is 1. The molecular formula is C10H16ClN3O. The molecule has 1 aromatic rings. The number of nitrogens with zero attached hydrogens (tertiary/aromatic N) is 2. The fourth-order valence-corrected chi connectivity index (χ4v) is 2.33. The highest BCUT2D eigenvalue weighted by molar-refractivity contribution is 6.32. The van der Waals surface area contributed by atoms with Gasteiger partial charge in [-0.25, -0.2) is 4.68 Å². The Morgan fingerprint density at radius 3 is 3.00 bits per heavy atom. The monoisotopic (exact) mass is 229 g/mol. The second-order valence-electron chi connectivity index (χ2n) is 4.00. The van der Waals surface area contributed by atoms with Gasteiger partial charge in [-0.1, -0.05) is 11.6 Å². The fraction of sp³-hybridized carbons (Fsp3) is 0.700. The number of nitrogens with two attached hydrogens (primary N) is 1. The van der Waals surface area contributed by atoms with Crippen LogP contribution in [0, 0.1) is 0 Å². The first-order valence-corrected chi connectivity index (χ1v) is 5.61. The molecule has 0 spiro atoms. The van der Waals surface area contributed by atoms with Crippen LogP contribution in [0.5, 0.6) is 0 Å². The Labute approximate surface area is 94.3 Å². The summed E-state index contributed by atoms with van der Waals surface area (Å²) in [6.07, 6.45) is 6.28. The van der Waals surface area contributed by atoms with Crippen molar-refractivity contribution in [2.45, 2.75) is 37.8 Å². The van der Waals surface area contributed by atoms with Crippen LogP contribution in [0.4, 0.5) is 5.82 Å². The van der Waals surface area contributed by atoms with Crippen LogP contribution < -0.4 is 5.73 Å². The first-order valence-electron chi connectivity index (χ1n) is 5.23. The Hall–Kier alpha value is -0.740. The van der Waals surface area contributed by atoms with Crippen LogP contribution in [0.2, 0.25) is 5.02 Å². The van der Waals surface area contributed by atoms with Crippen molar-refractivity contribution in [3.8, 4) is 0 Å². The van der Waals surface area contributed by atoms with Crippen LogP contribution >= 0.6 is 11.6 Å². The van der Waals surface area contributed by atoms with Gasteiger partial charge in [0, 0.05) is 7.11 Å². The van der Waals surface area contributed by atoms with Gasteiger partial charge in [-0.05, 0) is 25.7 Å². The van der Waals surface area contributed by atoms with Crippen LogP contribution in [-0.2, 0) is 4.74 Å². The van der Waals surface area contributed by atoms with E-state index >= 15 is 0 Å². The summed E-state index contributed by atoms with van der Waals surface area (Å²) in [5.74, 6) is 0.568. The Balaban J connectivity index is 2.13. The molecule has 0 amide bonds. The molecule has 2 unspecified atom stereocenters. The van der Waals surface area contributed by atoms with Crippen LogP contribution in [0.1, 0.15) is 31.7 Å². The topological polar surface area (TPSA) is 53.1 Å². The maximum atomic E-state index is 5.88. The number of nitrogen functional groups attached to an aromatic ring is 1. The third-order valence-electron chi connectivity index (χ3n) is 3.06. The average Bonchev–Trinajstić information content (AvgIpc) is 2.60. The third-order valence-corrected chi connectivity index (χ3v) is 3.36. The first-order chi connectivity index (χ1) is 7.22. The van der Waals surface area contributed by atoms with Crippen molar-refractivity contribution < 1.29 is 4.74 Å². The van der Waals surface area contributed by atoms with Gasteiger partial charge in [-0.15, -0.1) is 0 Å². The van der Waals surface area contributed by atoms with E-state index in [0.29, 0.717) is 23.0 Å². The number of anilines is 1. The molecule has 2 rings (SSSR count). The van der Waals surface area contributed by atoms with Gasteiger partial charge in [0.1, 0.15) is 10.8 Å². The molecule has 1 aliphatic carbocycles. The molecule has 1 fully saturated rings. The van der Waals surface area contributed by atoms with E-state index in [9.17, 15) is 0 Å². The van der Waals surface area contributed by atoms with E-state index in [0.717, 1.165) is 25.7 Å². The summed E-state index contributed by atoms with van der Waals surface area (Å²) < 4.78 is 7.20. The van der Waals surface area contributed by atoms with E-state index < -0.39 is 0 Å². The molecular weight excluding hydrogens is 214 g/mol. The zero-order valence-electron chi connectivity index (χ0n) is 8.82. The lowest BCUT2D eigenvalue weighted by Crippen LogP contribution is -2.25. The Morgan fingerprint density at radius 2 is 2.40 bits per heavy atom. The predicted molar refractivity (Wildman–Crippen MR) is 60.0 cm³/mol. The summed E-state index contributed by atoms with van der Waals surface area (Å²) in [6, 6.07) is 0.330. The highest BCUT2D eigenvalue weighted by Crippen LogP contribution is 2.32. The lowest BCUT2D eigenvalue weighted by molar-refractivity contribution is 0.0512. The van der Waals surface area contributed by atoms with Crippen molar-refractivity contribution in [2.24, 2.45) is 0 Å². The Morgan fingerprint density at radius 1 is 1.60 bits per heavy atom. The minimum absolute atomic E-state index is 0.325. The predicted octanol–water partition coefficient (Wildman–Crippen LogP) is 2.25. The Kier molecular flexibility index (Phi) is 3.17. The van der Waals surface area contributed by atoms with Crippen LogP contribution in [0.3, 0.4) is 0 Å². The van der Waals surface area contributed by atoms with Gasteiger partial charge in [0.05, 0.1) is 18.3 Å². The molecule has 1 aliphatic rings. The van der Waals surface area contributed by atoms with Gasteiger partial charge in [0.25, 0.3) is 0 Å². The molecule has 0 radical (unpaired) electrons. The number of aromatic nitrogens is 2. The Bertz CT molecular complexity index is 339. The maximum absolute atomic E-state index is 5.88. The summed E-state index contributed by atoms with van der Waals surface area (Å²) in [5, 5.41) is 4.75. The standard InChI is InChI=1S/C10H16ClN3O/c1-15-8-4-2-3-7(5-8)14-10(12)9(11)6-13-14/h6-8H,2-5,12H2,1H3. The number of hydrogen-bond acceptors (Lipinski definition) is 3. The molecule has 2 atom stereocenters. The van der Waals surface area contributed by atoms with E-state index in [2.05, 4.69) is 5.10 Å². The lowest BCUT2D eigenvalue weighted by Gasteiger charge is -2.28. The number of halogens is 1. The van der Waals surface area contributed by atoms with E-state index in [1.165, 1.54) is 0 Å². The third kappa shape index (κ3) is 2.11. The van der Waals surface area contributed by atoms with E-state index in [1.807, 2.05) is 4.68 Å². The van der Waals surface area contributed by atoms with Gasteiger partial charge < -0.3 is 10.5 Å². The van der Waals surface area contributed by atoms with Crippen molar-refractivity contribution in [3.63, 3.8) is 0 Å². The quantitative estimate of drug-likeness (QED) is 0.846. The highest BCUT2D eigenvalue weighted by Gasteiger charge is 2.25. The van der Waals surface area contributed by atoms with Crippen molar-refractivity contribution in [3.05, 3.63) is 11.2 Å². The van der Waals surface area contributed by atoms with Crippen LogP contribution in [0.25, 0.3) is 0 Å². The summed E-state index contributed by atoms with van der Waals surface area (Å²) in [5.41, 5.74) is 5.85. The van der Waals surface area contributed by atoms with Crippen molar-refractivity contribution in [1.29, 1.82) is 0 Å². The van der Waals surface area contributed by atoms with Crippen molar-refractivity contribution in [2.75, 3.05) is 12.8 Å². The van der Waals surface area contributed by atoms with E-state index in [-0.39, 0.29) is 0 Å². The molecule has 1 saturated carbocycles. The summed E-state index contributed by atoms with van der Waals surface area (Å²) in [4.78, 5) is 0. The molecule has 0 bridgehead atoms. The molecule has 15 heavy (non-hydrogen) atoms. The van der Waals surface area contributed by atoms with Gasteiger partial charge >= 0.3 is 0 Å². The molecule has 1 aromatic heterocycles. The highest BCUT2D eigenvalue weighted by atomic mass is 35.5. The molecule has 2 N–H and O–H groups in total. The molecule has 1 heterocycles. The number of hydrogen-bond donors (Lipinski definition) is 1. The van der Waals surface area contributed by atoms with Gasteiger partial charge in [-0.3, -0.25) is 0 Å². The van der Waals surface area contributed by atoms with Gasteiger partial charge in [0.2, 0.25) is 0 Å². The normalized spacial score (nSPS) is 26.8. The van der Waals surface area contributed by atoms with Crippen LogP contribution in [-0.4, -0.2) is 23.0 Å². The SMILES string of the molecule is COC1CCCC(n2ncc(Cl)c2N)C1. The maximum Gasteiger partial charge on any atom is 0.140 e. The summed E-state index contributed by atoms with van der Waals surface area (Å²) in [7, 11) is 1.76. The molecule has 4 nitrogen and oxygen atoms in total. The van der Waals surface area contributed by atoms with E-state index in [4.69, 9.17) is 22.1 Å². The fourth-order valence-electron chi connectivity index (χ4n) is 2.20. The number of ether oxygens (including phenoxy) is 1. The lowest BCUT2D eigenvalue weighted by atomic mass is 9.93. The minimum atomic E-state index is 0.325. The second kappa shape index (κ2) is 4.41. The van der Waals surface area contributed by atoms with E-state index in [1.54, 1.807) is 13.3 Å². The van der Waals surface area contributed by atoms with Crippen molar-refractivity contribution in [1.82, 2.24) is 9.78 Å². The second-order valence-corrected chi connectivity index (χ2v) is 4.41. The van der Waals surface area contributed by atoms with Gasteiger partial charge in [0.15, 0.2) is 0 Å². The number of rotatable bonds is 2. The molecule has 0 saturated heterocycles. The first kappa shape index (κ1) is 10.8. The smallest absolute Gasteiger partial charge is 0.140 e. The average molecular weight is 230 g/mol. The zero-order valence-corrected chi connectivity index (χ0v) is 9.57. The molecule has 0 aromatic carbocycles.